The number of hydroxylamine groups is 4. The minimum Gasteiger partial charge on any atom is -0.783 e. The Morgan fingerprint density at radius 2 is 1.52 bits per heavy atom. The van der Waals surface area contributed by atoms with Crippen molar-refractivity contribution >= 4 is 0 Å². The van der Waals surface area contributed by atoms with Gasteiger partial charge in [-0.05, 0) is 37.8 Å². The second-order valence-electron chi connectivity index (χ2n) is 7.76. The predicted octanol–water partition coefficient (Wildman–Crippen LogP) is 4.78. The molecule has 3 atom stereocenters. The van der Waals surface area contributed by atoms with E-state index in [2.05, 4.69) is 12.1 Å². The molecular formula is C22H27N2O3-. The summed E-state index contributed by atoms with van der Waals surface area (Å²) in [4.78, 5) is 6.33. The lowest BCUT2D eigenvalue weighted by Gasteiger charge is -2.44. The van der Waals surface area contributed by atoms with Crippen molar-refractivity contribution in [3.8, 4) is 0 Å². The number of hydrogen-bond acceptors (Lipinski definition) is 5. The zero-order valence-corrected chi connectivity index (χ0v) is 16.0. The van der Waals surface area contributed by atoms with Crippen LogP contribution in [-0.4, -0.2) is 28.7 Å². The minimum absolute atomic E-state index is 0.216. The Morgan fingerprint density at radius 3 is 2.07 bits per heavy atom. The second-order valence-corrected chi connectivity index (χ2v) is 7.76. The van der Waals surface area contributed by atoms with Gasteiger partial charge in [-0.3, -0.25) is 4.84 Å². The first-order valence-electron chi connectivity index (χ1n) is 9.73. The summed E-state index contributed by atoms with van der Waals surface area (Å²) in [5, 5.41) is 16.5. The van der Waals surface area contributed by atoms with Gasteiger partial charge in [-0.15, -0.1) is 0 Å². The highest BCUT2D eigenvalue weighted by Gasteiger charge is 2.51. The molecule has 2 aromatic carbocycles. The number of nitrogens with zero attached hydrogens (tertiary/aromatic N) is 2. The number of benzene rings is 2. The standard InChI is InChI=1S/C22H27N2O3/c1-22(2)23(25)20(17-11-5-3-6-12-17)21(18-13-7-4-8-14-18)24(22)27-19-15-9-10-16-26-19/h3-8,11-14,19-21H,9-10,15-16H2,1-2H3/q-1. The minimum atomic E-state index is -0.818. The molecule has 0 aliphatic carbocycles. The van der Waals surface area contributed by atoms with Crippen LogP contribution in [-0.2, 0) is 9.57 Å². The average molecular weight is 367 g/mol. The third-order valence-corrected chi connectivity index (χ3v) is 5.53. The lowest BCUT2D eigenvalue weighted by Crippen LogP contribution is -2.48. The van der Waals surface area contributed by atoms with Crippen molar-refractivity contribution in [3.05, 3.63) is 77.0 Å². The highest BCUT2D eigenvalue weighted by molar-refractivity contribution is 5.30. The van der Waals surface area contributed by atoms with E-state index in [4.69, 9.17) is 9.57 Å². The van der Waals surface area contributed by atoms with Crippen LogP contribution in [0.25, 0.3) is 0 Å². The summed E-state index contributed by atoms with van der Waals surface area (Å²) in [6, 6.07) is 19.5. The molecule has 0 saturated carbocycles. The van der Waals surface area contributed by atoms with E-state index in [0.717, 1.165) is 30.4 Å². The van der Waals surface area contributed by atoms with Gasteiger partial charge >= 0.3 is 0 Å². The maximum absolute atomic E-state index is 13.4. The van der Waals surface area contributed by atoms with E-state index >= 15 is 0 Å². The van der Waals surface area contributed by atoms with Gasteiger partial charge in [0.15, 0.2) is 6.29 Å². The molecule has 0 aromatic heterocycles. The van der Waals surface area contributed by atoms with Crippen LogP contribution in [0.3, 0.4) is 0 Å². The Hall–Kier alpha value is -1.76. The van der Waals surface area contributed by atoms with Crippen molar-refractivity contribution in [1.82, 2.24) is 10.1 Å². The molecule has 5 heteroatoms. The van der Waals surface area contributed by atoms with Crippen molar-refractivity contribution in [1.29, 1.82) is 0 Å². The van der Waals surface area contributed by atoms with Crippen molar-refractivity contribution in [3.63, 3.8) is 0 Å². The lowest BCUT2D eigenvalue weighted by atomic mass is 9.94. The van der Waals surface area contributed by atoms with Crippen LogP contribution in [0.4, 0.5) is 0 Å². The normalized spacial score (nSPS) is 29.1. The summed E-state index contributed by atoms with van der Waals surface area (Å²) in [6.07, 6.45) is 2.69. The van der Waals surface area contributed by atoms with Gasteiger partial charge in [0.25, 0.3) is 0 Å². The summed E-state index contributed by atoms with van der Waals surface area (Å²) >= 11 is 0. The van der Waals surface area contributed by atoms with E-state index in [1.54, 1.807) is 0 Å². The third kappa shape index (κ3) is 3.53. The van der Waals surface area contributed by atoms with E-state index in [-0.39, 0.29) is 18.4 Å². The Bertz CT molecular complexity index is 732. The van der Waals surface area contributed by atoms with Gasteiger partial charge in [0, 0.05) is 19.1 Å². The first-order valence-corrected chi connectivity index (χ1v) is 9.73. The van der Waals surface area contributed by atoms with E-state index in [9.17, 15) is 5.21 Å². The topological polar surface area (TPSA) is 48.0 Å². The molecule has 2 aromatic rings. The number of hydrogen-bond donors (Lipinski definition) is 0. The van der Waals surface area contributed by atoms with Gasteiger partial charge in [-0.2, -0.15) is 5.06 Å². The van der Waals surface area contributed by atoms with E-state index in [0.29, 0.717) is 6.61 Å². The zero-order valence-electron chi connectivity index (χ0n) is 16.0. The third-order valence-electron chi connectivity index (χ3n) is 5.53. The summed E-state index contributed by atoms with van der Waals surface area (Å²) in [5.41, 5.74) is 1.24. The summed E-state index contributed by atoms with van der Waals surface area (Å²) in [5.74, 6) is 0. The van der Waals surface area contributed by atoms with E-state index in [1.165, 1.54) is 5.06 Å². The first-order chi connectivity index (χ1) is 13.1. The van der Waals surface area contributed by atoms with Gasteiger partial charge < -0.3 is 15.0 Å². The average Bonchev–Trinajstić information content (AvgIpc) is 2.91. The monoisotopic (exact) mass is 367 g/mol. The molecule has 5 nitrogen and oxygen atoms in total. The van der Waals surface area contributed by atoms with E-state index < -0.39 is 5.66 Å². The summed E-state index contributed by atoms with van der Waals surface area (Å²) < 4.78 is 5.81. The van der Waals surface area contributed by atoms with Crippen LogP contribution < -0.4 is 0 Å². The van der Waals surface area contributed by atoms with Crippen LogP contribution >= 0.6 is 0 Å². The van der Waals surface area contributed by atoms with Gasteiger partial charge in [0.05, 0.1) is 11.7 Å². The first kappa shape index (κ1) is 18.6. The molecular weight excluding hydrogens is 340 g/mol. The Morgan fingerprint density at radius 1 is 0.926 bits per heavy atom. The molecule has 3 unspecified atom stereocenters. The quantitative estimate of drug-likeness (QED) is 0.778. The van der Waals surface area contributed by atoms with Gasteiger partial charge in [-0.25, -0.2) is 0 Å². The molecule has 2 aliphatic rings. The molecule has 0 N–H and O–H groups in total. The Kier molecular flexibility index (Phi) is 5.30. The van der Waals surface area contributed by atoms with Crippen molar-refractivity contribution < 1.29 is 9.57 Å². The zero-order chi connectivity index (χ0) is 18.9. The molecule has 0 radical (unpaired) electrons. The second kappa shape index (κ2) is 7.70. The predicted molar refractivity (Wildman–Crippen MR) is 104 cm³/mol. The van der Waals surface area contributed by atoms with Crippen LogP contribution in [0.5, 0.6) is 0 Å². The van der Waals surface area contributed by atoms with Gasteiger partial charge in [-0.1, -0.05) is 60.7 Å². The van der Waals surface area contributed by atoms with Crippen LogP contribution in [0.2, 0.25) is 0 Å². The Balaban J connectivity index is 1.74. The molecule has 2 saturated heterocycles. The SMILES string of the molecule is CC1(C)N([O-])C(c2ccccc2)C(c2ccccc2)N1OC1CCCCO1. The van der Waals surface area contributed by atoms with Crippen LogP contribution in [0.15, 0.2) is 60.7 Å². The lowest BCUT2D eigenvalue weighted by molar-refractivity contribution is -0.330. The molecule has 4 rings (SSSR count). The molecule has 27 heavy (non-hydrogen) atoms. The van der Waals surface area contributed by atoms with Crippen LogP contribution in [0, 0.1) is 5.21 Å². The van der Waals surface area contributed by atoms with Gasteiger partial charge in [0.2, 0.25) is 0 Å². The fourth-order valence-electron chi connectivity index (χ4n) is 4.09. The molecule has 0 amide bonds. The van der Waals surface area contributed by atoms with Crippen molar-refractivity contribution in [2.24, 2.45) is 0 Å². The number of ether oxygens (including phenoxy) is 1. The smallest absolute Gasteiger partial charge is 0.177 e. The molecule has 2 heterocycles. The molecule has 2 aliphatic heterocycles. The summed E-state index contributed by atoms with van der Waals surface area (Å²) in [6.45, 7) is 4.54. The van der Waals surface area contributed by atoms with Crippen LogP contribution in [0.1, 0.15) is 56.3 Å². The van der Waals surface area contributed by atoms with Crippen molar-refractivity contribution in [2.45, 2.75) is 57.1 Å². The van der Waals surface area contributed by atoms with Crippen molar-refractivity contribution in [2.75, 3.05) is 6.61 Å². The maximum atomic E-state index is 13.4. The summed E-state index contributed by atoms with van der Waals surface area (Å²) in [7, 11) is 0. The Labute approximate surface area is 161 Å². The maximum Gasteiger partial charge on any atom is 0.177 e. The fraction of sp³-hybridized carbons (Fsp3) is 0.455. The largest absolute Gasteiger partial charge is 0.783 e. The van der Waals surface area contributed by atoms with Gasteiger partial charge in [0.1, 0.15) is 0 Å². The highest BCUT2D eigenvalue weighted by atomic mass is 16.8. The highest BCUT2D eigenvalue weighted by Crippen LogP contribution is 2.51. The molecule has 0 bridgehead atoms. The molecule has 144 valence electrons. The molecule has 2 fully saturated rings. The number of rotatable bonds is 4. The fourth-order valence-corrected chi connectivity index (χ4v) is 4.09. The van der Waals surface area contributed by atoms with E-state index in [1.807, 2.05) is 67.4 Å². The molecule has 0 spiro atoms.